The molecule has 6 nitrogen and oxygen atoms in total. The van der Waals surface area contributed by atoms with Gasteiger partial charge in [0.15, 0.2) is 0 Å². The predicted molar refractivity (Wildman–Crippen MR) is 67.9 cm³/mol. The standard InChI is InChI=1S/C14H15NO5/c16-12-6-7-13(17)15(12)20-14(18)8-9-19-10-11-4-2-1-3-5-11/h1-5H,6-10H2. The lowest BCUT2D eigenvalue weighted by Crippen LogP contribution is -2.32. The summed E-state index contributed by atoms with van der Waals surface area (Å²) in [7, 11) is 0. The molecule has 1 aliphatic rings. The smallest absolute Gasteiger partial charge is 0.335 e. The Morgan fingerprint density at radius 3 is 2.40 bits per heavy atom. The van der Waals surface area contributed by atoms with Crippen molar-refractivity contribution in [2.45, 2.75) is 25.9 Å². The summed E-state index contributed by atoms with van der Waals surface area (Å²) in [6, 6.07) is 9.54. The van der Waals surface area contributed by atoms with Crippen molar-refractivity contribution in [2.24, 2.45) is 0 Å². The van der Waals surface area contributed by atoms with E-state index >= 15 is 0 Å². The summed E-state index contributed by atoms with van der Waals surface area (Å²) in [6.45, 7) is 0.569. The van der Waals surface area contributed by atoms with E-state index in [0.717, 1.165) is 5.56 Å². The molecule has 20 heavy (non-hydrogen) atoms. The lowest BCUT2D eigenvalue weighted by atomic mass is 10.2. The van der Waals surface area contributed by atoms with E-state index in [9.17, 15) is 14.4 Å². The van der Waals surface area contributed by atoms with Gasteiger partial charge in [-0.1, -0.05) is 30.3 Å². The molecule has 106 valence electrons. The maximum atomic E-state index is 11.5. The average molecular weight is 277 g/mol. The zero-order valence-electron chi connectivity index (χ0n) is 10.9. The van der Waals surface area contributed by atoms with Gasteiger partial charge in [0.1, 0.15) is 0 Å². The van der Waals surface area contributed by atoms with E-state index in [4.69, 9.17) is 9.57 Å². The van der Waals surface area contributed by atoms with Gasteiger partial charge in [0, 0.05) is 12.8 Å². The van der Waals surface area contributed by atoms with Crippen molar-refractivity contribution in [3.8, 4) is 0 Å². The van der Waals surface area contributed by atoms with E-state index in [0.29, 0.717) is 11.7 Å². The zero-order valence-corrected chi connectivity index (χ0v) is 10.9. The minimum atomic E-state index is -0.651. The summed E-state index contributed by atoms with van der Waals surface area (Å²) in [4.78, 5) is 38.6. The van der Waals surface area contributed by atoms with Gasteiger partial charge in [-0.3, -0.25) is 9.59 Å². The molecule has 0 bridgehead atoms. The average Bonchev–Trinajstić information content (AvgIpc) is 2.77. The Kier molecular flexibility index (Phi) is 4.84. The van der Waals surface area contributed by atoms with Gasteiger partial charge >= 0.3 is 5.97 Å². The summed E-state index contributed by atoms with van der Waals surface area (Å²) >= 11 is 0. The van der Waals surface area contributed by atoms with Crippen LogP contribution in [0.1, 0.15) is 24.8 Å². The van der Waals surface area contributed by atoms with Gasteiger partial charge in [0.2, 0.25) is 0 Å². The maximum absolute atomic E-state index is 11.5. The number of hydroxylamine groups is 2. The van der Waals surface area contributed by atoms with E-state index in [1.807, 2.05) is 30.3 Å². The van der Waals surface area contributed by atoms with E-state index in [-0.39, 0.29) is 25.9 Å². The first-order chi connectivity index (χ1) is 9.66. The Morgan fingerprint density at radius 2 is 1.75 bits per heavy atom. The topological polar surface area (TPSA) is 72.9 Å². The third-order valence-corrected chi connectivity index (χ3v) is 2.76. The number of carbonyl (C=O) groups is 3. The predicted octanol–water partition coefficient (Wildman–Crippen LogP) is 1.20. The van der Waals surface area contributed by atoms with E-state index < -0.39 is 17.8 Å². The molecule has 0 aromatic heterocycles. The highest BCUT2D eigenvalue weighted by atomic mass is 16.7. The second kappa shape index (κ2) is 6.81. The number of hydrogen-bond acceptors (Lipinski definition) is 5. The van der Waals surface area contributed by atoms with Crippen LogP contribution < -0.4 is 0 Å². The number of rotatable bonds is 6. The van der Waals surface area contributed by atoms with Crippen LogP contribution in [-0.4, -0.2) is 29.5 Å². The highest BCUT2D eigenvalue weighted by Crippen LogP contribution is 2.12. The van der Waals surface area contributed by atoms with Crippen molar-refractivity contribution < 1.29 is 24.0 Å². The fraction of sp³-hybridized carbons (Fsp3) is 0.357. The lowest BCUT2D eigenvalue weighted by Gasteiger charge is -2.12. The molecule has 0 aliphatic carbocycles. The summed E-state index contributed by atoms with van der Waals surface area (Å²) < 4.78 is 5.32. The summed E-state index contributed by atoms with van der Waals surface area (Å²) in [5.41, 5.74) is 1.01. The van der Waals surface area contributed by atoms with Gasteiger partial charge in [0.25, 0.3) is 11.8 Å². The van der Waals surface area contributed by atoms with Gasteiger partial charge in [-0.15, -0.1) is 5.06 Å². The highest BCUT2D eigenvalue weighted by molar-refractivity contribution is 6.01. The Morgan fingerprint density at radius 1 is 1.10 bits per heavy atom. The molecule has 2 amide bonds. The largest absolute Gasteiger partial charge is 0.376 e. The minimum absolute atomic E-state index is 0.0100. The SMILES string of the molecule is O=C(CCOCc1ccccc1)ON1C(=O)CCC1=O. The van der Waals surface area contributed by atoms with Gasteiger partial charge in [0.05, 0.1) is 19.6 Å². The first-order valence-electron chi connectivity index (χ1n) is 6.35. The van der Waals surface area contributed by atoms with Crippen molar-refractivity contribution in [1.82, 2.24) is 5.06 Å². The molecule has 1 saturated heterocycles. The first-order valence-corrected chi connectivity index (χ1v) is 6.35. The summed E-state index contributed by atoms with van der Waals surface area (Å²) in [6.07, 6.45) is 0.178. The molecule has 1 aromatic rings. The third-order valence-electron chi connectivity index (χ3n) is 2.76. The van der Waals surface area contributed by atoms with E-state index in [2.05, 4.69) is 0 Å². The maximum Gasteiger partial charge on any atom is 0.335 e. The summed E-state index contributed by atoms with van der Waals surface area (Å²) in [5.74, 6) is -1.61. The highest BCUT2D eigenvalue weighted by Gasteiger charge is 2.32. The number of benzene rings is 1. The van der Waals surface area contributed by atoms with Crippen LogP contribution in [-0.2, 0) is 30.6 Å². The van der Waals surface area contributed by atoms with Crippen molar-refractivity contribution in [3.63, 3.8) is 0 Å². The van der Waals surface area contributed by atoms with Crippen molar-refractivity contribution in [3.05, 3.63) is 35.9 Å². The van der Waals surface area contributed by atoms with Crippen LogP contribution in [0.4, 0.5) is 0 Å². The van der Waals surface area contributed by atoms with Crippen molar-refractivity contribution in [1.29, 1.82) is 0 Å². The number of carbonyl (C=O) groups excluding carboxylic acids is 3. The molecule has 1 fully saturated rings. The molecule has 1 aliphatic heterocycles. The number of ether oxygens (including phenoxy) is 1. The molecule has 0 atom stereocenters. The van der Waals surface area contributed by atoms with Crippen LogP contribution in [0, 0.1) is 0 Å². The van der Waals surface area contributed by atoms with Crippen LogP contribution in [0.25, 0.3) is 0 Å². The minimum Gasteiger partial charge on any atom is -0.376 e. The van der Waals surface area contributed by atoms with Gasteiger partial charge in [-0.25, -0.2) is 4.79 Å². The van der Waals surface area contributed by atoms with Crippen molar-refractivity contribution >= 4 is 17.8 Å². The van der Waals surface area contributed by atoms with Gasteiger partial charge in [-0.05, 0) is 5.56 Å². The number of imide groups is 1. The molecule has 2 rings (SSSR count). The Bertz CT molecular complexity index is 484. The molecule has 0 radical (unpaired) electrons. The molecular formula is C14H15NO5. The second-order valence-electron chi connectivity index (χ2n) is 4.33. The number of nitrogens with zero attached hydrogens (tertiary/aromatic N) is 1. The van der Waals surface area contributed by atoms with Crippen LogP contribution in [0.5, 0.6) is 0 Å². The van der Waals surface area contributed by atoms with Gasteiger partial charge < -0.3 is 9.57 Å². The first kappa shape index (κ1) is 14.2. The molecule has 0 N–H and O–H groups in total. The molecule has 1 heterocycles. The molecule has 0 saturated carbocycles. The lowest BCUT2D eigenvalue weighted by molar-refractivity contribution is -0.198. The quantitative estimate of drug-likeness (QED) is 0.577. The van der Waals surface area contributed by atoms with Crippen LogP contribution in [0.3, 0.4) is 0 Å². The Hall–Kier alpha value is -2.21. The fourth-order valence-corrected chi connectivity index (χ4v) is 1.73. The van der Waals surface area contributed by atoms with Crippen LogP contribution in [0.15, 0.2) is 30.3 Å². The van der Waals surface area contributed by atoms with Gasteiger partial charge in [-0.2, -0.15) is 0 Å². The van der Waals surface area contributed by atoms with Crippen LogP contribution in [0.2, 0.25) is 0 Å². The molecular weight excluding hydrogens is 262 g/mol. The molecule has 0 unspecified atom stereocenters. The second-order valence-corrected chi connectivity index (χ2v) is 4.33. The number of hydrogen-bond donors (Lipinski definition) is 0. The molecule has 1 aromatic carbocycles. The fourth-order valence-electron chi connectivity index (χ4n) is 1.73. The Balaban J connectivity index is 1.65. The summed E-state index contributed by atoms with van der Waals surface area (Å²) in [5, 5.41) is 0.541. The zero-order chi connectivity index (χ0) is 14.4. The normalized spacial score (nSPS) is 14.7. The molecule has 6 heteroatoms. The Labute approximate surface area is 116 Å². The van der Waals surface area contributed by atoms with Crippen LogP contribution >= 0.6 is 0 Å². The van der Waals surface area contributed by atoms with Crippen molar-refractivity contribution in [2.75, 3.05) is 6.61 Å². The monoisotopic (exact) mass is 277 g/mol. The van der Waals surface area contributed by atoms with E-state index in [1.54, 1.807) is 0 Å². The number of amides is 2. The van der Waals surface area contributed by atoms with E-state index in [1.165, 1.54) is 0 Å². The third kappa shape index (κ3) is 3.89. The molecule has 0 spiro atoms.